The minimum Gasteiger partial charge on any atom is -0.494 e. The van der Waals surface area contributed by atoms with Gasteiger partial charge in [-0.1, -0.05) is 42.5 Å². The molecular formula is C25H26N2O5S. The highest BCUT2D eigenvalue weighted by molar-refractivity contribution is 7.92. The summed E-state index contributed by atoms with van der Waals surface area (Å²) in [5.74, 6) is 0.586. The molecule has 1 N–H and O–H groups in total. The Balaban J connectivity index is 1.53. The summed E-state index contributed by atoms with van der Waals surface area (Å²) in [6, 6.07) is 22.9. The summed E-state index contributed by atoms with van der Waals surface area (Å²) in [5, 5.41) is 2.86. The number of ether oxygens (including phenoxy) is 2. The van der Waals surface area contributed by atoms with Crippen LogP contribution in [0.3, 0.4) is 0 Å². The standard InChI is InChI=1S/C25H26N2O5S/c1-2-31-20-12-14-21(15-13-20)33(29,30)27-18-24(32-23-11-7-6-10-22(23)27)25(28)26-17-16-19-8-4-3-5-9-19/h3-15,24H,2,16-18H2,1H3,(H,26,28). The lowest BCUT2D eigenvalue weighted by molar-refractivity contribution is -0.127. The first-order valence-corrected chi connectivity index (χ1v) is 12.3. The molecule has 1 unspecified atom stereocenters. The SMILES string of the molecule is CCOc1ccc(S(=O)(=O)N2CC(C(=O)NCCc3ccccc3)Oc3ccccc32)cc1. The Morgan fingerprint density at radius 3 is 2.45 bits per heavy atom. The molecule has 0 saturated heterocycles. The third kappa shape index (κ3) is 5.12. The van der Waals surface area contributed by atoms with Crippen molar-refractivity contribution in [2.75, 3.05) is 24.0 Å². The minimum atomic E-state index is -3.92. The van der Waals surface area contributed by atoms with E-state index in [0.29, 0.717) is 36.8 Å². The zero-order valence-electron chi connectivity index (χ0n) is 18.3. The van der Waals surface area contributed by atoms with E-state index in [0.717, 1.165) is 5.56 Å². The molecule has 0 aliphatic carbocycles. The number of benzene rings is 3. The smallest absolute Gasteiger partial charge is 0.264 e. The van der Waals surface area contributed by atoms with Crippen molar-refractivity contribution in [1.82, 2.24) is 5.32 Å². The van der Waals surface area contributed by atoms with E-state index in [1.165, 1.54) is 16.4 Å². The maximum atomic E-state index is 13.5. The fraction of sp³-hybridized carbons (Fsp3) is 0.240. The number of para-hydroxylation sites is 2. The molecule has 0 bridgehead atoms. The largest absolute Gasteiger partial charge is 0.494 e. The van der Waals surface area contributed by atoms with Gasteiger partial charge in [-0.15, -0.1) is 0 Å². The van der Waals surface area contributed by atoms with E-state index in [1.54, 1.807) is 36.4 Å². The Labute approximate surface area is 194 Å². The number of nitrogens with one attached hydrogen (secondary N) is 1. The van der Waals surface area contributed by atoms with Gasteiger partial charge < -0.3 is 14.8 Å². The zero-order valence-corrected chi connectivity index (χ0v) is 19.1. The summed E-state index contributed by atoms with van der Waals surface area (Å²) in [5.41, 5.74) is 1.51. The molecule has 0 aromatic heterocycles. The predicted molar refractivity (Wildman–Crippen MR) is 126 cm³/mol. The van der Waals surface area contributed by atoms with Gasteiger partial charge in [-0.2, -0.15) is 0 Å². The van der Waals surface area contributed by atoms with Gasteiger partial charge in [0.25, 0.3) is 15.9 Å². The van der Waals surface area contributed by atoms with Crippen molar-refractivity contribution >= 4 is 21.6 Å². The van der Waals surface area contributed by atoms with Crippen LogP contribution >= 0.6 is 0 Å². The van der Waals surface area contributed by atoms with Crippen LogP contribution in [0.25, 0.3) is 0 Å². The molecule has 3 aromatic rings. The van der Waals surface area contributed by atoms with Crippen molar-refractivity contribution in [3.8, 4) is 11.5 Å². The number of amides is 1. The molecule has 1 heterocycles. The van der Waals surface area contributed by atoms with E-state index in [4.69, 9.17) is 9.47 Å². The van der Waals surface area contributed by atoms with Crippen LogP contribution in [-0.2, 0) is 21.2 Å². The molecular weight excluding hydrogens is 440 g/mol. The van der Waals surface area contributed by atoms with Crippen LogP contribution in [0.1, 0.15) is 12.5 Å². The Morgan fingerprint density at radius 1 is 1.03 bits per heavy atom. The molecule has 0 spiro atoms. The van der Waals surface area contributed by atoms with Crippen LogP contribution in [-0.4, -0.2) is 40.1 Å². The molecule has 0 saturated carbocycles. The quantitative estimate of drug-likeness (QED) is 0.550. The van der Waals surface area contributed by atoms with Crippen LogP contribution in [0.4, 0.5) is 5.69 Å². The van der Waals surface area contributed by atoms with E-state index >= 15 is 0 Å². The third-order valence-corrected chi connectivity index (χ3v) is 7.10. The second-order valence-electron chi connectivity index (χ2n) is 7.54. The molecule has 172 valence electrons. The molecule has 8 heteroatoms. The number of carbonyl (C=O) groups excluding carboxylic acids is 1. The molecule has 7 nitrogen and oxygen atoms in total. The molecule has 0 fully saturated rings. The van der Waals surface area contributed by atoms with Crippen LogP contribution in [0.5, 0.6) is 11.5 Å². The Bertz CT molecular complexity index is 1200. The third-order valence-electron chi connectivity index (χ3n) is 5.31. The lowest BCUT2D eigenvalue weighted by atomic mass is 10.1. The van der Waals surface area contributed by atoms with Gasteiger partial charge in [-0.25, -0.2) is 8.42 Å². The number of hydrogen-bond acceptors (Lipinski definition) is 5. The number of fused-ring (bicyclic) bond motifs is 1. The van der Waals surface area contributed by atoms with E-state index in [1.807, 2.05) is 37.3 Å². The van der Waals surface area contributed by atoms with Crippen LogP contribution in [0.15, 0.2) is 83.8 Å². The van der Waals surface area contributed by atoms with E-state index in [9.17, 15) is 13.2 Å². The first-order chi connectivity index (χ1) is 16.0. The molecule has 4 rings (SSSR count). The summed E-state index contributed by atoms with van der Waals surface area (Å²) in [6.07, 6.45) is -0.294. The van der Waals surface area contributed by atoms with Crippen molar-refractivity contribution in [3.05, 3.63) is 84.4 Å². The van der Waals surface area contributed by atoms with Crippen molar-refractivity contribution in [1.29, 1.82) is 0 Å². The Hall–Kier alpha value is -3.52. The van der Waals surface area contributed by atoms with E-state index in [-0.39, 0.29) is 17.3 Å². The summed E-state index contributed by atoms with van der Waals surface area (Å²) < 4.78 is 39.5. The lowest BCUT2D eigenvalue weighted by Crippen LogP contribution is -2.51. The molecule has 0 radical (unpaired) electrons. The number of rotatable bonds is 8. The minimum absolute atomic E-state index is 0.117. The van der Waals surface area contributed by atoms with E-state index < -0.39 is 16.1 Å². The Kier molecular flexibility index (Phi) is 6.84. The number of anilines is 1. The summed E-state index contributed by atoms with van der Waals surface area (Å²) in [6.45, 7) is 2.66. The van der Waals surface area contributed by atoms with Gasteiger partial charge in [0.15, 0.2) is 6.10 Å². The number of sulfonamides is 1. The molecule has 3 aromatic carbocycles. The van der Waals surface area contributed by atoms with Crippen molar-refractivity contribution in [2.24, 2.45) is 0 Å². The normalized spacial score (nSPS) is 15.3. The van der Waals surface area contributed by atoms with Gasteiger partial charge in [0.05, 0.1) is 23.7 Å². The highest BCUT2D eigenvalue weighted by Gasteiger charge is 2.37. The maximum absolute atomic E-state index is 13.5. The lowest BCUT2D eigenvalue weighted by Gasteiger charge is -2.34. The fourth-order valence-electron chi connectivity index (χ4n) is 3.66. The predicted octanol–water partition coefficient (Wildman–Crippen LogP) is 3.40. The molecule has 1 aliphatic heterocycles. The van der Waals surface area contributed by atoms with Gasteiger partial charge in [0.1, 0.15) is 11.5 Å². The van der Waals surface area contributed by atoms with Gasteiger partial charge >= 0.3 is 0 Å². The zero-order chi connectivity index (χ0) is 23.3. The first kappa shape index (κ1) is 22.7. The van der Waals surface area contributed by atoms with Crippen LogP contribution < -0.4 is 19.1 Å². The number of hydrogen-bond donors (Lipinski definition) is 1. The van der Waals surface area contributed by atoms with Crippen LogP contribution in [0, 0.1) is 0 Å². The van der Waals surface area contributed by atoms with Gasteiger partial charge in [0.2, 0.25) is 0 Å². The second-order valence-corrected chi connectivity index (χ2v) is 9.40. The molecule has 1 atom stereocenters. The fourth-order valence-corrected chi connectivity index (χ4v) is 5.13. The van der Waals surface area contributed by atoms with Crippen LogP contribution in [0.2, 0.25) is 0 Å². The highest BCUT2D eigenvalue weighted by atomic mass is 32.2. The van der Waals surface area contributed by atoms with E-state index in [2.05, 4.69) is 5.32 Å². The summed E-state index contributed by atoms with van der Waals surface area (Å²) in [7, 11) is -3.92. The maximum Gasteiger partial charge on any atom is 0.264 e. The molecule has 33 heavy (non-hydrogen) atoms. The van der Waals surface area contributed by atoms with Crippen molar-refractivity contribution in [2.45, 2.75) is 24.3 Å². The first-order valence-electron chi connectivity index (χ1n) is 10.8. The topological polar surface area (TPSA) is 84.9 Å². The second kappa shape index (κ2) is 9.95. The molecule has 1 aliphatic rings. The van der Waals surface area contributed by atoms with Gasteiger partial charge in [-0.05, 0) is 55.3 Å². The van der Waals surface area contributed by atoms with Gasteiger partial charge in [-0.3, -0.25) is 9.10 Å². The van der Waals surface area contributed by atoms with Gasteiger partial charge in [0, 0.05) is 6.54 Å². The van der Waals surface area contributed by atoms with Crippen molar-refractivity contribution < 1.29 is 22.7 Å². The average molecular weight is 467 g/mol. The summed E-state index contributed by atoms with van der Waals surface area (Å²) in [4.78, 5) is 13.0. The monoisotopic (exact) mass is 466 g/mol. The molecule has 1 amide bonds. The Morgan fingerprint density at radius 2 is 1.73 bits per heavy atom. The van der Waals surface area contributed by atoms with Crippen molar-refractivity contribution in [3.63, 3.8) is 0 Å². The number of carbonyl (C=O) groups is 1. The highest BCUT2D eigenvalue weighted by Crippen LogP contribution is 2.37. The average Bonchev–Trinajstić information content (AvgIpc) is 2.84. The number of nitrogens with zero attached hydrogens (tertiary/aromatic N) is 1. The summed E-state index contributed by atoms with van der Waals surface area (Å²) >= 11 is 0.